The molecule has 3 atom stereocenters. The van der Waals surface area contributed by atoms with E-state index in [-0.39, 0.29) is 23.9 Å². The van der Waals surface area contributed by atoms with Gasteiger partial charge >= 0.3 is 5.97 Å². The Kier molecular flexibility index (Phi) is 4.93. The van der Waals surface area contributed by atoms with Gasteiger partial charge in [0.15, 0.2) is 0 Å². The predicted octanol–water partition coefficient (Wildman–Crippen LogP) is 1.77. The van der Waals surface area contributed by atoms with Crippen LogP contribution in [0.15, 0.2) is 12.4 Å². The highest BCUT2D eigenvalue weighted by Gasteiger charge is 2.40. The fourth-order valence-corrected chi connectivity index (χ4v) is 3.90. The average molecular weight is 320 g/mol. The first-order valence-corrected chi connectivity index (χ1v) is 8.54. The van der Waals surface area contributed by atoms with E-state index in [1.165, 1.54) is 12.8 Å². The smallest absolute Gasteiger partial charge is 0.306 e. The van der Waals surface area contributed by atoms with Gasteiger partial charge in [-0.1, -0.05) is 30.9 Å². The number of hydrogen-bond donors (Lipinski definition) is 2. The first kappa shape index (κ1) is 16.0. The van der Waals surface area contributed by atoms with Crippen molar-refractivity contribution in [3.05, 3.63) is 12.4 Å². The zero-order valence-electron chi connectivity index (χ0n) is 13.2. The van der Waals surface area contributed by atoms with Gasteiger partial charge in [0.2, 0.25) is 5.91 Å². The highest BCUT2D eigenvalue weighted by Crippen LogP contribution is 2.35. The van der Waals surface area contributed by atoms with Crippen LogP contribution < -0.4 is 5.32 Å². The third-order valence-electron chi connectivity index (χ3n) is 5.21. The second-order valence-corrected chi connectivity index (χ2v) is 6.76. The van der Waals surface area contributed by atoms with Crippen molar-refractivity contribution >= 4 is 11.9 Å². The molecular formula is C16H24N4O3. The Bertz CT molecular complexity index is 538. The van der Waals surface area contributed by atoms with Crippen molar-refractivity contribution in [2.45, 2.75) is 63.5 Å². The zero-order valence-corrected chi connectivity index (χ0v) is 13.2. The van der Waals surface area contributed by atoms with Gasteiger partial charge in [0.25, 0.3) is 0 Å². The highest BCUT2D eigenvalue weighted by molar-refractivity contribution is 5.79. The highest BCUT2D eigenvalue weighted by atomic mass is 16.4. The molecule has 2 aliphatic carbocycles. The molecule has 0 radical (unpaired) electrons. The Morgan fingerprint density at radius 3 is 2.43 bits per heavy atom. The molecule has 1 heterocycles. The number of aromatic nitrogens is 3. The van der Waals surface area contributed by atoms with Crippen molar-refractivity contribution in [3.63, 3.8) is 0 Å². The number of carbonyl (C=O) groups is 2. The Hall–Kier alpha value is -1.92. The molecule has 2 N–H and O–H groups in total. The first-order chi connectivity index (χ1) is 11.1. The number of nitrogens with zero attached hydrogens (tertiary/aromatic N) is 3. The molecule has 1 aromatic rings. The van der Waals surface area contributed by atoms with E-state index in [9.17, 15) is 14.7 Å². The monoisotopic (exact) mass is 320 g/mol. The topological polar surface area (TPSA) is 97.1 Å². The maximum absolute atomic E-state index is 12.6. The molecule has 0 bridgehead atoms. The van der Waals surface area contributed by atoms with Crippen LogP contribution in [0.5, 0.6) is 0 Å². The van der Waals surface area contributed by atoms with Gasteiger partial charge in [0.05, 0.1) is 24.2 Å². The Morgan fingerprint density at radius 1 is 1.09 bits per heavy atom. The molecule has 0 aliphatic heterocycles. The average Bonchev–Trinajstić information content (AvgIpc) is 3.10. The number of rotatable bonds is 4. The van der Waals surface area contributed by atoms with Gasteiger partial charge in [0, 0.05) is 12.1 Å². The van der Waals surface area contributed by atoms with Crippen LogP contribution in [0.2, 0.25) is 0 Å². The minimum Gasteiger partial charge on any atom is -0.481 e. The minimum atomic E-state index is -0.804. The number of amides is 1. The van der Waals surface area contributed by atoms with E-state index in [1.54, 1.807) is 17.1 Å². The second kappa shape index (κ2) is 7.10. The predicted molar refractivity (Wildman–Crippen MR) is 82.5 cm³/mol. The molecule has 2 aliphatic rings. The third kappa shape index (κ3) is 3.71. The maximum Gasteiger partial charge on any atom is 0.306 e. The quantitative estimate of drug-likeness (QED) is 0.824. The van der Waals surface area contributed by atoms with Crippen LogP contribution in [0, 0.1) is 11.8 Å². The van der Waals surface area contributed by atoms with Crippen LogP contribution in [0.25, 0.3) is 0 Å². The van der Waals surface area contributed by atoms with Crippen molar-refractivity contribution in [2.24, 2.45) is 11.8 Å². The largest absolute Gasteiger partial charge is 0.481 e. The molecule has 3 rings (SSSR count). The van der Waals surface area contributed by atoms with Gasteiger partial charge in [-0.15, -0.1) is 5.10 Å². The summed E-state index contributed by atoms with van der Waals surface area (Å²) in [6.07, 6.45) is 10.8. The van der Waals surface area contributed by atoms with Crippen molar-refractivity contribution in [2.75, 3.05) is 0 Å². The van der Waals surface area contributed by atoms with Crippen LogP contribution >= 0.6 is 0 Å². The normalized spacial score (nSPS) is 29.1. The summed E-state index contributed by atoms with van der Waals surface area (Å²) in [7, 11) is 0. The van der Waals surface area contributed by atoms with Crippen molar-refractivity contribution < 1.29 is 14.7 Å². The summed E-state index contributed by atoms with van der Waals surface area (Å²) in [5, 5.41) is 20.2. The summed E-state index contributed by atoms with van der Waals surface area (Å²) in [6, 6.07) is -0.318. The van der Waals surface area contributed by atoms with Gasteiger partial charge in [-0.05, 0) is 25.7 Å². The molecule has 1 unspecified atom stereocenters. The Balaban J connectivity index is 1.68. The molecule has 2 saturated carbocycles. The molecule has 1 aromatic heterocycles. The van der Waals surface area contributed by atoms with E-state index in [2.05, 4.69) is 15.6 Å². The number of nitrogens with one attached hydrogen (secondary N) is 1. The number of carboxylic acid groups (broad SMARTS) is 1. The lowest BCUT2D eigenvalue weighted by atomic mass is 9.98. The van der Waals surface area contributed by atoms with Gasteiger partial charge in [-0.2, -0.15) is 0 Å². The fraction of sp³-hybridized carbons (Fsp3) is 0.750. The van der Waals surface area contributed by atoms with Crippen LogP contribution in [0.3, 0.4) is 0 Å². The van der Waals surface area contributed by atoms with E-state index >= 15 is 0 Å². The minimum absolute atomic E-state index is 0.0674. The second-order valence-electron chi connectivity index (χ2n) is 6.76. The molecule has 126 valence electrons. The number of hydrogen-bond acceptors (Lipinski definition) is 4. The summed E-state index contributed by atoms with van der Waals surface area (Å²) < 4.78 is 1.68. The molecule has 0 saturated heterocycles. The first-order valence-electron chi connectivity index (χ1n) is 8.54. The van der Waals surface area contributed by atoms with Crippen LogP contribution in [0.4, 0.5) is 0 Å². The lowest BCUT2D eigenvalue weighted by Gasteiger charge is -2.23. The van der Waals surface area contributed by atoms with E-state index in [0.29, 0.717) is 12.8 Å². The standard InChI is InChI=1S/C16H24N4O3/c21-15(11-5-3-1-2-4-6-11)18-13-9-12(16(22)23)10-14(13)20-8-7-17-19-20/h7-8,11-14H,1-6,9-10H2,(H,18,21)(H,22,23)/t12?,13-,14+/m1/s1. The van der Waals surface area contributed by atoms with E-state index in [1.807, 2.05) is 0 Å². The summed E-state index contributed by atoms with van der Waals surface area (Å²) in [6.45, 7) is 0. The summed E-state index contributed by atoms with van der Waals surface area (Å²) in [5.41, 5.74) is 0. The molecule has 23 heavy (non-hydrogen) atoms. The molecular weight excluding hydrogens is 296 g/mol. The van der Waals surface area contributed by atoms with Gasteiger partial charge < -0.3 is 10.4 Å². The van der Waals surface area contributed by atoms with Crippen molar-refractivity contribution in [3.8, 4) is 0 Å². The molecule has 7 nitrogen and oxygen atoms in total. The SMILES string of the molecule is O=C(O)C1C[C@@H](NC(=O)C2CCCCCC2)[C@@H](n2ccnn2)C1. The Labute approximate surface area is 135 Å². The molecule has 2 fully saturated rings. The lowest BCUT2D eigenvalue weighted by molar-refractivity contribution is -0.141. The number of carbonyl (C=O) groups excluding carboxylic acids is 1. The number of aliphatic carboxylic acids is 1. The number of carboxylic acids is 1. The van der Waals surface area contributed by atoms with E-state index in [4.69, 9.17) is 0 Å². The van der Waals surface area contributed by atoms with Crippen LogP contribution in [-0.2, 0) is 9.59 Å². The van der Waals surface area contributed by atoms with Gasteiger partial charge in [0.1, 0.15) is 0 Å². The Morgan fingerprint density at radius 2 is 1.83 bits per heavy atom. The van der Waals surface area contributed by atoms with Crippen molar-refractivity contribution in [1.82, 2.24) is 20.3 Å². The van der Waals surface area contributed by atoms with Crippen LogP contribution in [0.1, 0.15) is 57.4 Å². The van der Waals surface area contributed by atoms with Crippen molar-refractivity contribution in [1.29, 1.82) is 0 Å². The van der Waals surface area contributed by atoms with Gasteiger partial charge in [-0.25, -0.2) is 4.68 Å². The van der Waals surface area contributed by atoms with E-state index in [0.717, 1.165) is 25.7 Å². The van der Waals surface area contributed by atoms with Crippen LogP contribution in [-0.4, -0.2) is 38.0 Å². The fourth-order valence-electron chi connectivity index (χ4n) is 3.90. The molecule has 0 aromatic carbocycles. The van der Waals surface area contributed by atoms with E-state index < -0.39 is 11.9 Å². The summed E-state index contributed by atoms with van der Waals surface area (Å²) >= 11 is 0. The lowest BCUT2D eigenvalue weighted by Crippen LogP contribution is -2.41. The third-order valence-corrected chi connectivity index (χ3v) is 5.21. The van der Waals surface area contributed by atoms with Gasteiger partial charge in [-0.3, -0.25) is 9.59 Å². The molecule has 7 heteroatoms. The summed E-state index contributed by atoms with van der Waals surface area (Å²) in [4.78, 5) is 23.9. The molecule has 0 spiro atoms. The summed E-state index contributed by atoms with van der Waals surface area (Å²) in [5.74, 6) is -1.10. The maximum atomic E-state index is 12.6. The molecule has 1 amide bonds. The zero-order chi connectivity index (χ0) is 16.2.